The summed E-state index contributed by atoms with van der Waals surface area (Å²) >= 11 is 0. The van der Waals surface area contributed by atoms with Crippen LogP contribution in [0.25, 0.3) is 0 Å². The third-order valence-corrected chi connectivity index (χ3v) is 3.89. The zero-order valence-electron chi connectivity index (χ0n) is 10.2. The molecule has 3 heterocycles. The number of hydrogen-bond donors (Lipinski definition) is 3. The van der Waals surface area contributed by atoms with E-state index in [1.54, 1.807) is 0 Å². The van der Waals surface area contributed by atoms with Gasteiger partial charge in [-0.2, -0.15) is 4.98 Å². The molecule has 0 aromatic carbocycles. The number of aromatic amines is 1. The van der Waals surface area contributed by atoms with Gasteiger partial charge in [-0.1, -0.05) is 6.42 Å². The molecule has 0 aliphatic carbocycles. The number of amides is 1. The number of H-pyrrole nitrogens is 1. The fourth-order valence-electron chi connectivity index (χ4n) is 3.03. The normalized spacial score (nSPS) is 28.0. The van der Waals surface area contributed by atoms with E-state index in [1.165, 1.54) is 19.3 Å². The van der Waals surface area contributed by atoms with Crippen LogP contribution < -0.4 is 11.1 Å². The second kappa shape index (κ2) is 4.56. The predicted molar refractivity (Wildman–Crippen MR) is 65.9 cm³/mol. The van der Waals surface area contributed by atoms with Crippen molar-refractivity contribution >= 4 is 11.9 Å². The first kappa shape index (κ1) is 11.5. The lowest BCUT2D eigenvalue weighted by molar-refractivity contribution is 0.0905. The third kappa shape index (κ3) is 2.05. The summed E-state index contributed by atoms with van der Waals surface area (Å²) in [5, 5.41) is 9.24. The Kier molecular flexibility index (Phi) is 2.91. The van der Waals surface area contributed by atoms with Crippen molar-refractivity contribution in [2.45, 2.75) is 37.8 Å². The molecule has 2 saturated heterocycles. The highest BCUT2D eigenvalue weighted by Gasteiger charge is 2.36. The van der Waals surface area contributed by atoms with Gasteiger partial charge in [-0.25, -0.2) is 0 Å². The third-order valence-electron chi connectivity index (χ3n) is 3.89. The maximum atomic E-state index is 12.0. The van der Waals surface area contributed by atoms with Crippen LogP contribution >= 0.6 is 0 Å². The largest absolute Gasteiger partial charge is 0.366 e. The van der Waals surface area contributed by atoms with Crippen molar-refractivity contribution in [3.63, 3.8) is 0 Å². The molecule has 0 radical (unpaired) electrons. The molecule has 7 nitrogen and oxygen atoms in total. The van der Waals surface area contributed by atoms with Crippen molar-refractivity contribution < 1.29 is 4.79 Å². The molecule has 2 aliphatic rings. The molecule has 3 rings (SSSR count). The average molecular weight is 250 g/mol. The van der Waals surface area contributed by atoms with Crippen molar-refractivity contribution in [3.8, 4) is 0 Å². The van der Waals surface area contributed by atoms with Crippen molar-refractivity contribution in [1.82, 2.24) is 25.4 Å². The number of nitrogens with one attached hydrogen (secondary N) is 2. The lowest BCUT2D eigenvalue weighted by Gasteiger charge is -2.32. The summed E-state index contributed by atoms with van der Waals surface area (Å²) in [5.74, 6) is 0.0873. The van der Waals surface area contributed by atoms with Crippen molar-refractivity contribution in [3.05, 3.63) is 5.82 Å². The molecule has 2 fully saturated rings. The minimum absolute atomic E-state index is 0.103. The van der Waals surface area contributed by atoms with Gasteiger partial charge in [0, 0.05) is 18.6 Å². The second-order valence-electron chi connectivity index (χ2n) is 5.01. The summed E-state index contributed by atoms with van der Waals surface area (Å²) in [6.07, 6.45) is 4.71. The number of aromatic nitrogens is 3. The van der Waals surface area contributed by atoms with E-state index >= 15 is 0 Å². The van der Waals surface area contributed by atoms with Gasteiger partial charge >= 0.3 is 0 Å². The van der Waals surface area contributed by atoms with E-state index in [4.69, 9.17) is 5.73 Å². The molecular formula is C11H18N6O. The highest BCUT2D eigenvalue weighted by Crippen LogP contribution is 2.27. The predicted octanol–water partition coefficient (Wildman–Crippen LogP) is -0.257. The van der Waals surface area contributed by atoms with Crippen LogP contribution in [0.2, 0.25) is 0 Å². The summed E-state index contributed by atoms with van der Waals surface area (Å²) in [5.41, 5.74) is 5.39. The van der Waals surface area contributed by atoms with Crippen LogP contribution in [0.15, 0.2) is 0 Å². The Labute approximate surface area is 105 Å². The highest BCUT2D eigenvalue weighted by molar-refractivity contribution is 5.90. The maximum absolute atomic E-state index is 12.0. The summed E-state index contributed by atoms with van der Waals surface area (Å²) < 4.78 is 0. The van der Waals surface area contributed by atoms with Crippen LogP contribution in [-0.2, 0) is 0 Å². The van der Waals surface area contributed by atoms with Gasteiger partial charge in [0.2, 0.25) is 11.8 Å². The number of nitrogens with two attached hydrogens (primary N) is 1. The minimum atomic E-state index is -0.211. The molecule has 4 N–H and O–H groups in total. The Morgan fingerprint density at radius 2 is 2.28 bits per heavy atom. The van der Waals surface area contributed by atoms with Gasteiger partial charge in [-0.15, -0.1) is 5.10 Å². The molecule has 98 valence electrons. The fraction of sp³-hybridized carbons (Fsp3) is 0.727. The number of carbonyl (C=O) groups is 1. The molecule has 7 heteroatoms. The van der Waals surface area contributed by atoms with Gasteiger partial charge in [0.25, 0.3) is 5.91 Å². The van der Waals surface area contributed by atoms with Gasteiger partial charge < -0.3 is 11.1 Å². The van der Waals surface area contributed by atoms with Crippen LogP contribution in [0, 0.1) is 0 Å². The summed E-state index contributed by atoms with van der Waals surface area (Å²) in [7, 11) is 0. The summed E-state index contributed by atoms with van der Waals surface area (Å²) in [6, 6.07) is 0.715. The molecule has 18 heavy (non-hydrogen) atoms. The zero-order chi connectivity index (χ0) is 12.5. The number of fused-ring (bicyclic) bond motifs is 1. The number of rotatable bonds is 2. The summed E-state index contributed by atoms with van der Waals surface area (Å²) in [4.78, 5) is 18.3. The summed E-state index contributed by atoms with van der Waals surface area (Å²) in [6.45, 7) is 2.24. The van der Waals surface area contributed by atoms with E-state index in [0.29, 0.717) is 6.04 Å². The Morgan fingerprint density at radius 1 is 1.39 bits per heavy atom. The number of anilines is 1. The smallest absolute Gasteiger partial charge is 0.288 e. The number of piperidine rings is 1. The molecule has 2 unspecified atom stereocenters. The zero-order valence-corrected chi connectivity index (χ0v) is 10.2. The Hall–Kier alpha value is -1.63. The van der Waals surface area contributed by atoms with E-state index in [9.17, 15) is 4.79 Å². The molecule has 1 amide bonds. The number of hydrogen-bond acceptors (Lipinski definition) is 5. The number of nitrogen functional groups attached to an aromatic ring is 1. The van der Waals surface area contributed by atoms with E-state index in [-0.39, 0.29) is 23.7 Å². The van der Waals surface area contributed by atoms with Gasteiger partial charge in [0.1, 0.15) is 0 Å². The SMILES string of the molecule is Nc1n[nH]c(C(=O)NC2CCN3CCCCC23)n1. The van der Waals surface area contributed by atoms with Crippen molar-refractivity contribution in [2.24, 2.45) is 0 Å². The molecular weight excluding hydrogens is 232 g/mol. The lowest BCUT2D eigenvalue weighted by atomic mass is 9.99. The van der Waals surface area contributed by atoms with Crippen molar-refractivity contribution in [1.29, 1.82) is 0 Å². The molecule has 1 aromatic heterocycles. The maximum Gasteiger partial charge on any atom is 0.288 e. The average Bonchev–Trinajstić information content (AvgIpc) is 2.97. The van der Waals surface area contributed by atoms with E-state index in [0.717, 1.165) is 19.5 Å². The van der Waals surface area contributed by atoms with E-state index < -0.39 is 0 Å². The standard InChI is InChI=1S/C11H18N6O/c12-11-14-9(15-16-11)10(18)13-7-4-6-17-5-2-1-3-8(7)17/h7-8H,1-6H2,(H,13,18)(H3,12,14,15,16). The minimum Gasteiger partial charge on any atom is -0.366 e. The monoisotopic (exact) mass is 250 g/mol. The molecule has 2 atom stereocenters. The van der Waals surface area contributed by atoms with Crippen LogP contribution in [-0.4, -0.2) is 51.2 Å². The van der Waals surface area contributed by atoms with E-state index in [1.807, 2.05) is 0 Å². The van der Waals surface area contributed by atoms with Crippen molar-refractivity contribution in [2.75, 3.05) is 18.8 Å². The first-order valence-electron chi connectivity index (χ1n) is 6.47. The number of nitrogens with zero attached hydrogens (tertiary/aromatic N) is 3. The molecule has 2 aliphatic heterocycles. The van der Waals surface area contributed by atoms with Crippen LogP contribution in [0.1, 0.15) is 36.3 Å². The Morgan fingerprint density at radius 3 is 3.06 bits per heavy atom. The second-order valence-corrected chi connectivity index (χ2v) is 5.01. The van der Waals surface area contributed by atoms with Gasteiger partial charge in [0.15, 0.2) is 0 Å². The van der Waals surface area contributed by atoms with Crippen LogP contribution in [0.5, 0.6) is 0 Å². The molecule has 1 aromatic rings. The fourth-order valence-corrected chi connectivity index (χ4v) is 3.03. The van der Waals surface area contributed by atoms with Gasteiger partial charge in [0.05, 0.1) is 0 Å². The van der Waals surface area contributed by atoms with Gasteiger partial charge in [-0.3, -0.25) is 14.8 Å². The highest BCUT2D eigenvalue weighted by atomic mass is 16.2. The van der Waals surface area contributed by atoms with Crippen LogP contribution in [0.4, 0.5) is 5.95 Å². The number of carbonyl (C=O) groups excluding carboxylic acids is 1. The van der Waals surface area contributed by atoms with Crippen LogP contribution in [0.3, 0.4) is 0 Å². The van der Waals surface area contributed by atoms with E-state index in [2.05, 4.69) is 25.4 Å². The first-order valence-corrected chi connectivity index (χ1v) is 6.47. The quantitative estimate of drug-likeness (QED) is 0.671. The topological polar surface area (TPSA) is 99.9 Å². The Balaban J connectivity index is 1.64. The first-order chi connectivity index (χ1) is 8.74. The molecule has 0 spiro atoms. The Bertz CT molecular complexity index is 444. The molecule has 0 bridgehead atoms. The molecule has 0 saturated carbocycles. The van der Waals surface area contributed by atoms with Gasteiger partial charge in [-0.05, 0) is 25.8 Å². The lowest BCUT2D eigenvalue weighted by Crippen LogP contribution is -2.47.